The molecule has 5 heteroatoms. The van der Waals surface area contributed by atoms with Crippen LogP contribution in [0.1, 0.15) is 0 Å². The topological polar surface area (TPSA) is 20.2 Å². The highest BCUT2D eigenvalue weighted by atomic mass is 79.9. The second-order valence-corrected chi connectivity index (χ2v) is 3.46. The maximum atomic E-state index is 12.7. The summed E-state index contributed by atoms with van der Waals surface area (Å²) in [6.07, 6.45) is 0. The van der Waals surface area contributed by atoms with Gasteiger partial charge in [0.05, 0.1) is 4.47 Å². The maximum Gasteiger partial charge on any atom is 0.189 e. The molecule has 11 heavy (non-hydrogen) atoms. The minimum atomic E-state index is -1.00. The molecule has 1 nitrogen and oxygen atoms in total. The van der Waals surface area contributed by atoms with Crippen LogP contribution in [0.2, 0.25) is 0 Å². The van der Waals surface area contributed by atoms with Crippen LogP contribution in [0.5, 0.6) is 5.75 Å². The van der Waals surface area contributed by atoms with Gasteiger partial charge >= 0.3 is 0 Å². The zero-order valence-electron chi connectivity index (χ0n) is 5.04. The maximum absolute atomic E-state index is 12.7. The molecule has 60 valence electrons. The lowest BCUT2D eigenvalue weighted by Gasteiger charge is -2.01. The molecule has 0 bridgehead atoms. The molecule has 0 radical (unpaired) electrons. The molecule has 0 saturated heterocycles. The van der Waals surface area contributed by atoms with Gasteiger partial charge in [-0.2, -0.15) is 0 Å². The number of phenolic OH excluding ortho intramolecular Hbond substituents is 1. The van der Waals surface area contributed by atoms with E-state index in [0.717, 1.165) is 6.07 Å². The molecule has 0 aliphatic rings. The molecular weight excluding hydrogens is 286 g/mol. The van der Waals surface area contributed by atoms with Gasteiger partial charge < -0.3 is 5.11 Å². The van der Waals surface area contributed by atoms with E-state index in [4.69, 9.17) is 5.11 Å². The summed E-state index contributed by atoms with van der Waals surface area (Å²) in [5, 5.41) is 8.71. The Labute approximate surface area is 78.3 Å². The minimum absolute atomic E-state index is 0.0106. The van der Waals surface area contributed by atoms with Gasteiger partial charge in [-0.1, -0.05) is 0 Å². The van der Waals surface area contributed by atoms with Crippen LogP contribution in [0.4, 0.5) is 8.78 Å². The third-order valence-electron chi connectivity index (χ3n) is 1.09. The quantitative estimate of drug-likeness (QED) is 0.574. The van der Waals surface area contributed by atoms with Gasteiger partial charge in [-0.15, -0.1) is 0 Å². The van der Waals surface area contributed by atoms with E-state index in [2.05, 4.69) is 31.9 Å². The molecule has 1 aromatic carbocycles. The minimum Gasteiger partial charge on any atom is -0.503 e. The number of benzene rings is 1. The first-order valence-corrected chi connectivity index (χ1v) is 4.14. The summed E-state index contributed by atoms with van der Waals surface area (Å²) in [4.78, 5) is 0. The van der Waals surface area contributed by atoms with E-state index in [9.17, 15) is 8.78 Å². The molecule has 0 heterocycles. The zero-order valence-corrected chi connectivity index (χ0v) is 8.21. The van der Waals surface area contributed by atoms with Crippen molar-refractivity contribution in [1.82, 2.24) is 0 Å². The van der Waals surface area contributed by atoms with Gasteiger partial charge in [-0.05, 0) is 37.9 Å². The molecule has 1 rings (SSSR count). The molecule has 0 amide bonds. The van der Waals surface area contributed by atoms with Crippen molar-refractivity contribution in [1.29, 1.82) is 0 Å². The Bertz CT molecular complexity index is 275. The molecule has 0 fully saturated rings. The van der Waals surface area contributed by atoms with Crippen LogP contribution in [0, 0.1) is 11.6 Å². The highest BCUT2D eigenvalue weighted by molar-refractivity contribution is 9.13. The van der Waals surface area contributed by atoms with Gasteiger partial charge in [0.25, 0.3) is 0 Å². The number of rotatable bonds is 0. The van der Waals surface area contributed by atoms with Gasteiger partial charge in [0, 0.05) is 4.47 Å². The van der Waals surface area contributed by atoms with Crippen LogP contribution in [0.3, 0.4) is 0 Å². The van der Waals surface area contributed by atoms with E-state index >= 15 is 0 Å². The van der Waals surface area contributed by atoms with Crippen molar-refractivity contribution in [2.75, 3.05) is 0 Å². The van der Waals surface area contributed by atoms with E-state index in [1.54, 1.807) is 0 Å². The van der Waals surface area contributed by atoms with Gasteiger partial charge in [0.1, 0.15) is 0 Å². The Morgan fingerprint density at radius 2 is 1.82 bits per heavy atom. The highest BCUT2D eigenvalue weighted by Crippen LogP contribution is 2.33. The summed E-state index contributed by atoms with van der Waals surface area (Å²) in [5.74, 6) is -2.96. The third kappa shape index (κ3) is 1.54. The second-order valence-electron chi connectivity index (χ2n) is 1.82. The fourth-order valence-corrected chi connectivity index (χ4v) is 1.23. The van der Waals surface area contributed by atoms with E-state index in [1.165, 1.54) is 0 Å². The molecule has 0 aliphatic carbocycles. The van der Waals surface area contributed by atoms with Crippen molar-refractivity contribution in [3.63, 3.8) is 0 Å². The predicted molar refractivity (Wildman–Crippen MR) is 43.4 cm³/mol. The number of halogens is 4. The Morgan fingerprint density at radius 1 is 1.27 bits per heavy atom. The largest absolute Gasteiger partial charge is 0.503 e. The molecule has 0 aromatic heterocycles. The number of phenols is 1. The van der Waals surface area contributed by atoms with Gasteiger partial charge in [-0.25, -0.2) is 8.78 Å². The smallest absolute Gasteiger partial charge is 0.189 e. The van der Waals surface area contributed by atoms with E-state index in [0.29, 0.717) is 0 Å². The molecule has 0 atom stereocenters. The second kappa shape index (κ2) is 3.06. The lowest BCUT2D eigenvalue weighted by atomic mass is 10.3. The highest BCUT2D eigenvalue weighted by Gasteiger charge is 2.13. The lowest BCUT2D eigenvalue weighted by Crippen LogP contribution is -1.85. The average molecular weight is 288 g/mol. The van der Waals surface area contributed by atoms with Crippen LogP contribution in [0.25, 0.3) is 0 Å². The first-order chi connectivity index (χ1) is 5.04. The molecule has 1 N–H and O–H groups in total. The molecule has 1 aromatic rings. The van der Waals surface area contributed by atoms with Crippen molar-refractivity contribution >= 4 is 31.9 Å². The van der Waals surface area contributed by atoms with Crippen molar-refractivity contribution in [3.8, 4) is 5.75 Å². The Hall–Kier alpha value is -0.160. The number of hydrogen-bond acceptors (Lipinski definition) is 1. The first-order valence-electron chi connectivity index (χ1n) is 2.56. The normalized spacial score (nSPS) is 10.2. The SMILES string of the molecule is Oc1c(F)cc(Br)c(Br)c1F. The Kier molecular flexibility index (Phi) is 2.49. The first kappa shape index (κ1) is 8.93. The third-order valence-corrected chi connectivity index (χ3v) is 3.02. The van der Waals surface area contributed by atoms with Crippen LogP contribution in [-0.2, 0) is 0 Å². The fourth-order valence-electron chi connectivity index (χ4n) is 0.557. The summed E-state index contributed by atoms with van der Waals surface area (Å²) < 4.78 is 25.4. The van der Waals surface area contributed by atoms with Crippen LogP contribution >= 0.6 is 31.9 Å². The zero-order chi connectivity index (χ0) is 8.59. The van der Waals surface area contributed by atoms with Crippen molar-refractivity contribution < 1.29 is 13.9 Å². The molecule has 0 spiro atoms. The van der Waals surface area contributed by atoms with Gasteiger partial charge in [0.15, 0.2) is 17.4 Å². The molecule has 0 unspecified atom stereocenters. The average Bonchev–Trinajstić information content (AvgIpc) is 1.97. The lowest BCUT2D eigenvalue weighted by molar-refractivity contribution is 0.394. The number of aromatic hydroxyl groups is 1. The van der Waals surface area contributed by atoms with Crippen molar-refractivity contribution in [2.24, 2.45) is 0 Å². The Balaban J connectivity index is 3.46. The molecular formula is C6H2Br2F2O. The fraction of sp³-hybridized carbons (Fsp3) is 0. The summed E-state index contributed by atoms with van der Waals surface area (Å²) in [6, 6.07) is 0.975. The van der Waals surface area contributed by atoms with E-state index < -0.39 is 17.4 Å². The van der Waals surface area contributed by atoms with Crippen LogP contribution < -0.4 is 0 Å². The van der Waals surface area contributed by atoms with Crippen molar-refractivity contribution in [2.45, 2.75) is 0 Å². The summed E-state index contributed by atoms with van der Waals surface area (Å²) in [5.41, 5.74) is 0. The monoisotopic (exact) mass is 286 g/mol. The van der Waals surface area contributed by atoms with Gasteiger partial charge in [0.2, 0.25) is 0 Å². The van der Waals surface area contributed by atoms with Crippen molar-refractivity contribution in [3.05, 3.63) is 26.6 Å². The van der Waals surface area contributed by atoms with Gasteiger partial charge in [-0.3, -0.25) is 0 Å². The summed E-state index contributed by atoms with van der Waals surface area (Å²) >= 11 is 5.71. The molecule has 0 aliphatic heterocycles. The van der Waals surface area contributed by atoms with E-state index in [1.807, 2.05) is 0 Å². The number of hydrogen-bond donors (Lipinski definition) is 1. The van der Waals surface area contributed by atoms with E-state index in [-0.39, 0.29) is 8.95 Å². The Morgan fingerprint density at radius 3 is 2.36 bits per heavy atom. The van der Waals surface area contributed by atoms with Crippen LogP contribution in [0.15, 0.2) is 15.0 Å². The van der Waals surface area contributed by atoms with Crippen LogP contribution in [-0.4, -0.2) is 5.11 Å². The predicted octanol–water partition coefficient (Wildman–Crippen LogP) is 3.20. The molecule has 0 saturated carbocycles. The standard InChI is InChI=1S/C6H2Br2F2O/c7-2-1-3(9)6(11)5(10)4(2)8/h1,11H. The summed E-state index contributed by atoms with van der Waals surface area (Å²) in [7, 11) is 0. The summed E-state index contributed by atoms with van der Waals surface area (Å²) in [6.45, 7) is 0.